The molecule has 1 N–H and O–H groups in total. The molecule has 7 nitrogen and oxygen atoms in total. The van der Waals surface area contributed by atoms with Crippen LogP contribution in [0.1, 0.15) is 12.0 Å². The van der Waals surface area contributed by atoms with Crippen LogP contribution in [-0.4, -0.2) is 62.2 Å². The molecule has 158 valence electrons. The molecule has 0 bridgehead atoms. The lowest BCUT2D eigenvalue weighted by Gasteiger charge is -2.15. The van der Waals surface area contributed by atoms with Crippen molar-refractivity contribution in [3.8, 4) is 23.1 Å². The third-order valence-electron chi connectivity index (χ3n) is 4.84. The van der Waals surface area contributed by atoms with Crippen molar-refractivity contribution in [3.05, 3.63) is 58.4 Å². The Morgan fingerprint density at radius 1 is 1.07 bits per heavy atom. The zero-order valence-electron chi connectivity index (χ0n) is 17.8. The topological polar surface area (TPSA) is 76.3 Å². The highest BCUT2D eigenvalue weighted by Gasteiger charge is 2.17. The Morgan fingerprint density at radius 3 is 2.43 bits per heavy atom. The summed E-state index contributed by atoms with van der Waals surface area (Å²) in [4.78, 5) is 19.8. The Bertz CT molecular complexity index is 1120. The maximum atomic E-state index is 13.2. The summed E-state index contributed by atoms with van der Waals surface area (Å²) in [5, 5.41) is 12.2. The van der Waals surface area contributed by atoms with E-state index in [1.165, 1.54) is 11.7 Å². The third-order valence-corrected chi connectivity index (χ3v) is 4.84. The van der Waals surface area contributed by atoms with Crippen LogP contribution in [0.25, 0.3) is 16.5 Å². The van der Waals surface area contributed by atoms with E-state index in [-0.39, 0.29) is 11.4 Å². The molecule has 0 spiro atoms. The zero-order valence-corrected chi connectivity index (χ0v) is 17.8. The first-order chi connectivity index (χ1) is 14.5. The molecule has 0 saturated heterocycles. The molecule has 0 saturated carbocycles. The van der Waals surface area contributed by atoms with Crippen LogP contribution >= 0.6 is 0 Å². The number of hydrogen-bond acceptors (Lipinski definition) is 6. The van der Waals surface area contributed by atoms with E-state index in [0.717, 1.165) is 13.0 Å². The van der Waals surface area contributed by atoms with Crippen LogP contribution < -0.4 is 15.0 Å². The van der Waals surface area contributed by atoms with Gasteiger partial charge in [0, 0.05) is 29.6 Å². The van der Waals surface area contributed by atoms with E-state index in [0.29, 0.717) is 40.1 Å². The summed E-state index contributed by atoms with van der Waals surface area (Å²) in [5.41, 5.74) is 0.660. The van der Waals surface area contributed by atoms with E-state index < -0.39 is 0 Å². The van der Waals surface area contributed by atoms with Gasteiger partial charge in [-0.05, 0) is 45.3 Å². The van der Waals surface area contributed by atoms with Crippen LogP contribution in [0.3, 0.4) is 0 Å². The van der Waals surface area contributed by atoms with E-state index in [1.54, 1.807) is 43.7 Å². The van der Waals surface area contributed by atoms with Crippen LogP contribution in [-0.2, 0) is 0 Å². The molecule has 0 atom stereocenters. The molecular formula is C23H27N3O4. The van der Waals surface area contributed by atoms with Crippen molar-refractivity contribution in [2.75, 3.05) is 41.4 Å². The molecule has 0 aliphatic carbocycles. The highest BCUT2D eigenvalue weighted by atomic mass is 16.5. The molecule has 30 heavy (non-hydrogen) atoms. The Kier molecular flexibility index (Phi) is 6.74. The number of aliphatic imine (C=N–C) groups is 1. The monoisotopic (exact) mass is 409 g/mol. The Morgan fingerprint density at radius 2 is 1.77 bits per heavy atom. The van der Waals surface area contributed by atoms with Crippen LogP contribution in [0.2, 0.25) is 0 Å². The molecule has 0 amide bonds. The van der Waals surface area contributed by atoms with Gasteiger partial charge in [0.1, 0.15) is 0 Å². The van der Waals surface area contributed by atoms with Crippen molar-refractivity contribution in [1.29, 1.82) is 0 Å². The first-order valence-electron chi connectivity index (χ1n) is 9.71. The minimum atomic E-state index is -0.319. The first kappa shape index (κ1) is 21.4. The van der Waals surface area contributed by atoms with Gasteiger partial charge in [0.2, 0.25) is 5.88 Å². The number of aromatic nitrogens is 1. The van der Waals surface area contributed by atoms with Gasteiger partial charge < -0.3 is 19.5 Å². The van der Waals surface area contributed by atoms with Gasteiger partial charge in [0.25, 0.3) is 5.56 Å². The van der Waals surface area contributed by atoms with Crippen LogP contribution in [0, 0.1) is 0 Å². The van der Waals surface area contributed by atoms with Gasteiger partial charge in [-0.2, -0.15) is 0 Å². The van der Waals surface area contributed by atoms with Gasteiger partial charge in [0.05, 0.1) is 25.5 Å². The molecule has 7 heteroatoms. The number of pyridine rings is 1. The summed E-state index contributed by atoms with van der Waals surface area (Å²) < 4.78 is 11.9. The Balaban J connectivity index is 2.14. The van der Waals surface area contributed by atoms with Gasteiger partial charge >= 0.3 is 0 Å². The second kappa shape index (κ2) is 9.45. The van der Waals surface area contributed by atoms with Gasteiger partial charge in [-0.1, -0.05) is 18.2 Å². The molecule has 0 fully saturated rings. The second-order valence-corrected chi connectivity index (χ2v) is 7.15. The summed E-state index contributed by atoms with van der Waals surface area (Å²) in [7, 11) is 7.10. The first-order valence-corrected chi connectivity index (χ1v) is 9.71. The van der Waals surface area contributed by atoms with Crippen molar-refractivity contribution in [3.63, 3.8) is 0 Å². The van der Waals surface area contributed by atoms with Crippen LogP contribution in [0.5, 0.6) is 17.4 Å². The average Bonchev–Trinajstić information content (AvgIpc) is 2.75. The maximum Gasteiger partial charge on any atom is 0.265 e. The highest BCUT2D eigenvalue weighted by molar-refractivity contribution is 6.01. The summed E-state index contributed by atoms with van der Waals surface area (Å²) in [6.07, 6.45) is 2.54. The highest BCUT2D eigenvalue weighted by Crippen LogP contribution is 2.32. The number of ether oxygens (including phenoxy) is 2. The number of aromatic hydroxyl groups is 1. The molecule has 0 aliphatic rings. The minimum absolute atomic E-state index is 0.165. The average molecular weight is 409 g/mol. The Hall–Kier alpha value is -3.32. The fourth-order valence-corrected chi connectivity index (χ4v) is 3.33. The van der Waals surface area contributed by atoms with Crippen molar-refractivity contribution in [2.24, 2.45) is 4.99 Å². The van der Waals surface area contributed by atoms with E-state index in [4.69, 9.17) is 9.47 Å². The molecule has 1 heterocycles. The van der Waals surface area contributed by atoms with Crippen molar-refractivity contribution in [2.45, 2.75) is 6.42 Å². The predicted octanol–water partition coefficient (Wildman–Crippen LogP) is 3.08. The number of hydrogen-bond donors (Lipinski definition) is 1. The quantitative estimate of drug-likeness (QED) is 0.457. The molecule has 3 aromatic rings. The number of rotatable bonds is 8. The van der Waals surface area contributed by atoms with Crippen molar-refractivity contribution < 1.29 is 14.6 Å². The smallest absolute Gasteiger partial charge is 0.265 e. The van der Waals surface area contributed by atoms with Crippen molar-refractivity contribution >= 4 is 17.0 Å². The summed E-state index contributed by atoms with van der Waals surface area (Å²) in [6.45, 7) is 1.55. The maximum absolute atomic E-state index is 13.2. The normalized spacial score (nSPS) is 11.5. The third kappa shape index (κ3) is 4.31. The zero-order chi connectivity index (χ0) is 21.7. The second-order valence-electron chi connectivity index (χ2n) is 7.15. The van der Waals surface area contributed by atoms with Crippen molar-refractivity contribution in [1.82, 2.24) is 9.47 Å². The molecule has 0 radical (unpaired) electrons. The molecule has 0 unspecified atom stereocenters. The van der Waals surface area contributed by atoms with Gasteiger partial charge in [-0.15, -0.1) is 0 Å². The summed E-state index contributed by atoms with van der Waals surface area (Å²) >= 11 is 0. The van der Waals surface area contributed by atoms with Gasteiger partial charge in [-0.25, -0.2) is 4.57 Å². The van der Waals surface area contributed by atoms with E-state index in [9.17, 15) is 9.90 Å². The fraction of sp³-hybridized carbons (Fsp3) is 0.304. The number of benzene rings is 2. The van der Waals surface area contributed by atoms with Crippen LogP contribution in [0.4, 0.5) is 0 Å². The molecule has 3 rings (SSSR count). The minimum Gasteiger partial charge on any atom is -0.494 e. The number of methoxy groups -OCH3 is 2. The number of nitrogens with zero attached hydrogens (tertiary/aromatic N) is 3. The lowest BCUT2D eigenvalue weighted by molar-refractivity contribution is 0.354. The standard InChI is InChI=1S/C23H27N3O4/c1-25(2)13-7-12-24-15-19-17-8-5-6-9-18(17)22(27)26(23(19)28)16-10-11-20(29-3)21(14-16)30-4/h5-6,8-11,14-15,28H,7,12-13H2,1-4H3. The molecule has 1 aromatic heterocycles. The van der Waals surface area contributed by atoms with E-state index in [2.05, 4.69) is 9.89 Å². The van der Waals surface area contributed by atoms with Gasteiger partial charge in [0.15, 0.2) is 11.5 Å². The number of fused-ring (bicyclic) bond motifs is 1. The largest absolute Gasteiger partial charge is 0.494 e. The molecular weight excluding hydrogens is 382 g/mol. The summed E-state index contributed by atoms with van der Waals surface area (Å²) in [5.74, 6) is 0.841. The lowest BCUT2D eigenvalue weighted by Crippen LogP contribution is -2.20. The SMILES string of the molecule is COc1ccc(-n2c(O)c(C=NCCCN(C)C)c3ccccc3c2=O)cc1OC. The fourth-order valence-electron chi connectivity index (χ4n) is 3.33. The van der Waals surface area contributed by atoms with Gasteiger partial charge in [-0.3, -0.25) is 9.79 Å². The summed E-state index contributed by atoms with van der Waals surface area (Å²) in [6, 6.07) is 12.3. The predicted molar refractivity (Wildman–Crippen MR) is 120 cm³/mol. The molecule has 2 aromatic carbocycles. The lowest BCUT2D eigenvalue weighted by atomic mass is 10.1. The Labute approximate surface area is 175 Å². The molecule has 0 aliphatic heterocycles. The van der Waals surface area contributed by atoms with E-state index >= 15 is 0 Å². The van der Waals surface area contributed by atoms with Crippen LogP contribution in [0.15, 0.2) is 52.3 Å². The van der Waals surface area contributed by atoms with E-state index in [1.807, 2.05) is 26.2 Å².